The van der Waals surface area contributed by atoms with E-state index in [-0.39, 0.29) is 37.1 Å². The van der Waals surface area contributed by atoms with Crippen LogP contribution in [-0.4, -0.2) is 48.9 Å². The first-order valence-electron chi connectivity index (χ1n) is 5.42. The van der Waals surface area contributed by atoms with Crippen molar-refractivity contribution >= 4 is 0 Å². The van der Waals surface area contributed by atoms with Crippen molar-refractivity contribution in [3.05, 3.63) is 17.7 Å². The molecule has 3 N–H and O–H groups in total. The zero-order valence-electron chi connectivity index (χ0n) is 10.4. The van der Waals surface area contributed by atoms with Crippen molar-refractivity contribution in [2.75, 3.05) is 27.4 Å². The lowest BCUT2D eigenvalue weighted by atomic mass is 10.2. The molecule has 0 aromatic heterocycles. The summed E-state index contributed by atoms with van der Waals surface area (Å²) in [5.41, 5.74) is 0.728. The Hall–Kier alpha value is -1.50. The van der Waals surface area contributed by atoms with Gasteiger partial charge in [0.1, 0.15) is 6.10 Å². The van der Waals surface area contributed by atoms with Crippen LogP contribution in [0, 0.1) is 0 Å². The van der Waals surface area contributed by atoms with Gasteiger partial charge in [-0.25, -0.2) is 0 Å². The fraction of sp³-hybridized carbons (Fsp3) is 0.500. The lowest BCUT2D eigenvalue weighted by molar-refractivity contribution is -0.0000545. The van der Waals surface area contributed by atoms with E-state index in [4.69, 9.17) is 24.4 Å². The van der Waals surface area contributed by atoms with Crippen LogP contribution in [0.4, 0.5) is 0 Å². The second-order valence-corrected chi connectivity index (χ2v) is 3.70. The lowest BCUT2D eigenvalue weighted by Gasteiger charge is -2.12. The van der Waals surface area contributed by atoms with E-state index in [1.807, 2.05) is 0 Å². The molecule has 0 amide bonds. The van der Waals surface area contributed by atoms with Crippen LogP contribution in [-0.2, 0) is 11.3 Å². The quantitative estimate of drug-likeness (QED) is 0.651. The van der Waals surface area contributed by atoms with Gasteiger partial charge in [-0.1, -0.05) is 0 Å². The van der Waals surface area contributed by atoms with Gasteiger partial charge in [-0.05, 0) is 17.7 Å². The molecule has 102 valence electrons. The van der Waals surface area contributed by atoms with Gasteiger partial charge in [0, 0.05) is 0 Å². The summed E-state index contributed by atoms with van der Waals surface area (Å²) in [6.07, 6.45) is -0.897. The molecule has 0 aliphatic rings. The molecule has 1 unspecified atom stereocenters. The molecule has 1 aromatic rings. The summed E-state index contributed by atoms with van der Waals surface area (Å²) in [5.74, 6) is 0.505. The fourth-order valence-electron chi connectivity index (χ4n) is 1.40. The van der Waals surface area contributed by atoms with Crippen molar-refractivity contribution in [2.45, 2.75) is 12.7 Å². The third-order valence-corrected chi connectivity index (χ3v) is 2.33. The number of phenolic OH excluding ortho intramolecular Hbond substituents is 1. The molecule has 0 aliphatic heterocycles. The second-order valence-electron chi connectivity index (χ2n) is 3.70. The van der Waals surface area contributed by atoms with Crippen molar-refractivity contribution in [2.24, 2.45) is 0 Å². The van der Waals surface area contributed by atoms with E-state index in [2.05, 4.69) is 0 Å². The second kappa shape index (κ2) is 7.05. The number of rotatable bonds is 7. The number of aliphatic hydroxyl groups is 2. The van der Waals surface area contributed by atoms with E-state index < -0.39 is 6.10 Å². The minimum atomic E-state index is -0.897. The predicted octanol–water partition coefficient (Wildman–Crippen LogP) is 0.279. The van der Waals surface area contributed by atoms with Crippen LogP contribution in [0.2, 0.25) is 0 Å². The normalized spacial score (nSPS) is 12.2. The third-order valence-electron chi connectivity index (χ3n) is 2.33. The minimum Gasteiger partial charge on any atom is -0.502 e. The van der Waals surface area contributed by atoms with Crippen LogP contribution in [0.5, 0.6) is 17.2 Å². The zero-order valence-corrected chi connectivity index (χ0v) is 10.4. The van der Waals surface area contributed by atoms with Crippen molar-refractivity contribution < 1.29 is 29.5 Å². The highest BCUT2D eigenvalue weighted by atomic mass is 16.5. The average molecular weight is 258 g/mol. The summed E-state index contributed by atoms with van der Waals surface area (Å²) < 4.78 is 15.2. The molecule has 6 nitrogen and oxygen atoms in total. The van der Waals surface area contributed by atoms with Gasteiger partial charge >= 0.3 is 0 Å². The Labute approximate surface area is 105 Å². The first kappa shape index (κ1) is 14.6. The Balaban J connectivity index is 2.71. The van der Waals surface area contributed by atoms with Gasteiger partial charge < -0.3 is 29.5 Å². The maximum absolute atomic E-state index is 9.70. The molecule has 1 rings (SSSR count). The number of hydrogen-bond donors (Lipinski definition) is 3. The highest BCUT2D eigenvalue weighted by molar-refractivity contribution is 5.52. The lowest BCUT2D eigenvalue weighted by Crippen LogP contribution is -2.19. The Morgan fingerprint density at radius 3 is 2.17 bits per heavy atom. The van der Waals surface area contributed by atoms with Crippen LogP contribution < -0.4 is 9.47 Å². The Morgan fingerprint density at radius 1 is 1.17 bits per heavy atom. The Morgan fingerprint density at radius 2 is 1.72 bits per heavy atom. The molecule has 1 aromatic carbocycles. The molecule has 0 saturated heterocycles. The molecule has 0 radical (unpaired) electrons. The van der Waals surface area contributed by atoms with Crippen LogP contribution in [0.3, 0.4) is 0 Å². The van der Waals surface area contributed by atoms with Crippen molar-refractivity contribution in [3.8, 4) is 17.2 Å². The molecule has 1 atom stereocenters. The molecule has 0 spiro atoms. The number of aromatic hydroxyl groups is 1. The van der Waals surface area contributed by atoms with Gasteiger partial charge in [0.2, 0.25) is 5.75 Å². The van der Waals surface area contributed by atoms with Gasteiger partial charge in [-0.15, -0.1) is 0 Å². The largest absolute Gasteiger partial charge is 0.502 e. The number of hydrogen-bond acceptors (Lipinski definition) is 6. The van der Waals surface area contributed by atoms with Gasteiger partial charge in [0.05, 0.1) is 34.0 Å². The van der Waals surface area contributed by atoms with E-state index in [1.54, 1.807) is 12.1 Å². The molecule has 18 heavy (non-hydrogen) atoms. The van der Waals surface area contributed by atoms with Gasteiger partial charge in [0.25, 0.3) is 0 Å². The van der Waals surface area contributed by atoms with Crippen LogP contribution in [0.15, 0.2) is 12.1 Å². The average Bonchev–Trinajstić information content (AvgIpc) is 2.39. The first-order chi connectivity index (χ1) is 8.62. The van der Waals surface area contributed by atoms with Gasteiger partial charge in [-0.3, -0.25) is 0 Å². The summed E-state index contributed by atoms with van der Waals surface area (Å²) in [7, 11) is 2.88. The number of aliphatic hydroxyl groups excluding tert-OH is 2. The highest BCUT2D eigenvalue weighted by Crippen LogP contribution is 2.37. The molecular weight excluding hydrogens is 240 g/mol. The maximum Gasteiger partial charge on any atom is 0.200 e. The number of phenols is 1. The maximum atomic E-state index is 9.70. The summed E-state index contributed by atoms with van der Waals surface area (Å²) in [6, 6.07) is 3.23. The van der Waals surface area contributed by atoms with E-state index in [1.165, 1.54) is 14.2 Å². The molecular formula is C12H18O6. The summed E-state index contributed by atoms with van der Waals surface area (Å²) in [5, 5.41) is 27.4. The molecule has 6 heteroatoms. The molecule has 0 heterocycles. The Kier molecular flexibility index (Phi) is 5.70. The number of ether oxygens (including phenoxy) is 3. The molecule has 0 bridgehead atoms. The van der Waals surface area contributed by atoms with E-state index >= 15 is 0 Å². The van der Waals surface area contributed by atoms with Crippen LogP contribution in [0.25, 0.3) is 0 Å². The number of benzene rings is 1. The third kappa shape index (κ3) is 3.76. The van der Waals surface area contributed by atoms with E-state index in [0.717, 1.165) is 5.56 Å². The molecule has 0 saturated carbocycles. The van der Waals surface area contributed by atoms with Gasteiger partial charge in [0.15, 0.2) is 11.5 Å². The summed E-state index contributed by atoms with van der Waals surface area (Å²) >= 11 is 0. The summed E-state index contributed by atoms with van der Waals surface area (Å²) in [4.78, 5) is 0. The minimum absolute atomic E-state index is 0.0298. The highest BCUT2D eigenvalue weighted by Gasteiger charge is 2.11. The fourth-order valence-corrected chi connectivity index (χ4v) is 1.40. The Bertz CT molecular complexity index is 354. The summed E-state index contributed by atoms with van der Waals surface area (Å²) in [6.45, 7) is -0.103. The smallest absolute Gasteiger partial charge is 0.200 e. The van der Waals surface area contributed by atoms with E-state index in [9.17, 15) is 5.11 Å². The topological polar surface area (TPSA) is 88.4 Å². The number of methoxy groups -OCH3 is 2. The van der Waals surface area contributed by atoms with Crippen molar-refractivity contribution in [1.29, 1.82) is 0 Å². The van der Waals surface area contributed by atoms with Gasteiger partial charge in [-0.2, -0.15) is 0 Å². The van der Waals surface area contributed by atoms with E-state index in [0.29, 0.717) is 0 Å². The predicted molar refractivity (Wildman–Crippen MR) is 64.0 cm³/mol. The monoisotopic (exact) mass is 258 g/mol. The SMILES string of the molecule is COc1cc(COCC(O)CO)cc(OC)c1O. The van der Waals surface area contributed by atoms with Crippen molar-refractivity contribution in [1.82, 2.24) is 0 Å². The van der Waals surface area contributed by atoms with Crippen LogP contribution >= 0.6 is 0 Å². The van der Waals surface area contributed by atoms with Crippen molar-refractivity contribution in [3.63, 3.8) is 0 Å². The standard InChI is InChI=1S/C12H18O6/c1-16-10-3-8(4-11(17-2)12(10)15)6-18-7-9(14)5-13/h3-4,9,13-15H,5-7H2,1-2H3. The van der Waals surface area contributed by atoms with Crippen LogP contribution in [0.1, 0.15) is 5.56 Å². The molecule has 0 fully saturated rings. The first-order valence-corrected chi connectivity index (χ1v) is 5.42. The molecule has 0 aliphatic carbocycles. The zero-order chi connectivity index (χ0) is 13.5.